The molecular weight excluding hydrogens is 346 g/mol. The molecule has 0 aromatic rings. The van der Waals surface area contributed by atoms with Crippen molar-refractivity contribution in [1.29, 1.82) is 0 Å². The minimum absolute atomic E-state index is 0.103. The molecule has 1 aliphatic rings. The summed E-state index contributed by atoms with van der Waals surface area (Å²) in [7, 11) is 3.38. The van der Waals surface area contributed by atoms with Gasteiger partial charge in [0.2, 0.25) is 0 Å². The van der Waals surface area contributed by atoms with E-state index < -0.39 is 11.8 Å². The van der Waals surface area contributed by atoms with Crippen LogP contribution >= 0.6 is 0 Å². The first-order valence-electron chi connectivity index (χ1n) is 10.4. The van der Waals surface area contributed by atoms with E-state index in [2.05, 4.69) is 24.0 Å². The summed E-state index contributed by atoms with van der Waals surface area (Å²) < 4.78 is 11.5. The van der Waals surface area contributed by atoms with E-state index in [4.69, 9.17) is 14.6 Å². The van der Waals surface area contributed by atoms with Crippen molar-refractivity contribution in [3.8, 4) is 0 Å². The first-order chi connectivity index (χ1) is 13.0. The van der Waals surface area contributed by atoms with Gasteiger partial charge in [-0.25, -0.2) is 0 Å². The van der Waals surface area contributed by atoms with Gasteiger partial charge in [0, 0.05) is 40.2 Å². The van der Waals surface area contributed by atoms with E-state index in [1.165, 1.54) is 12.8 Å². The highest BCUT2D eigenvalue weighted by molar-refractivity contribution is 5.66. The Bertz CT molecular complexity index is 436. The molecule has 0 aromatic heterocycles. The third-order valence-corrected chi connectivity index (χ3v) is 5.56. The Hall–Kier alpha value is -0.950. The summed E-state index contributed by atoms with van der Waals surface area (Å²) in [5.74, 6) is -1.36. The second kappa shape index (κ2) is 13.3. The predicted molar refractivity (Wildman–Crippen MR) is 107 cm³/mol. The number of carbonyl (C=O) groups is 1. The lowest BCUT2D eigenvalue weighted by Crippen LogP contribution is -2.47. The molecule has 1 rings (SSSR count). The molecule has 0 aromatic carbocycles. The van der Waals surface area contributed by atoms with Crippen LogP contribution in [0.2, 0.25) is 0 Å². The van der Waals surface area contributed by atoms with Crippen LogP contribution in [0.4, 0.5) is 0 Å². The quantitative estimate of drug-likeness (QED) is 0.255. The lowest BCUT2D eigenvalue weighted by molar-refractivity contribution is -0.218. The Morgan fingerprint density at radius 1 is 1.22 bits per heavy atom. The molecule has 2 N–H and O–H groups in total. The topological polar surface area (TPSA) is 79.2 Å². The Balaban J connectivity index is 2.54. The van der Waals surface area contributed by atoms with Crippen molar-refractivity contribution in [3.63, 3.8) is 0 Å². The van der Waals surface area contributed by atoms with Crippen LogP contribution in [0.25, 0.3) is 0 Å². The zero-order valence-corrected chi connectivity index (χ0v) is 17.4. The first-order valence-corrected chi connectivity index (χ1v) is 10.4. The van der Waals surface area contributed by atoms with Crippen molar-refractivity contribution in [1.82, 2.24) is 4.90 Å². The normalized spacial score (nSPS) is 21.1. The zero-order valence-electron chi connectivity index (χ0n) is 17.4. The SMILES string of the molecule is CCCCCC(O)CCN1CCC(OC)(OC)[C@@H]1C/C=C\CCCC(=O)O. The Kier molecular flexibility index (Phi) is 11.8. The first kappa shape index (κ1) is 24.1. The number of hydrogen-bond acceptors (Lipinski definition) is 5. The Labute approximate surface area is 164 Å². The number of carboxylic acid groups (broad SMARTS) is 1. The Morgan fingerprint density at radius 2 is 1.96 bits per heavy atom. The van der Waals surface area contributed by atoms with Crippen molar-refractivity contribution in [2.75, 3.05) is 27.3 Å². The number of aliphatic hydroxyl groups is 1. The second-order valence-electron chi connectivity index (χ2n) is 7.45. The van der Waals surface area contributed by atoms with Gasteiger partial charge in [-0.1, -0.05) is 38.3 Å². The fourth-order valence-electron chi connectivity index (χ4n) is 3.86. The minimum atomic E-state index is -0.749. The standard InChI is InChI=1S/C21H39NO5/c1-4-5-8-11-18(23)14-16-22-17-15-21(26-2,27-3)19(22)12-9-6-7-10-13-20(24)25/h6,9,18-19,23H,4-5,7-8,10-17H2,1-3H3,(H,24,25)/b9-6-/t18?,19-/m0/s1. The molecule has 1 unspecified atom stereocenters. The molecule has 0 radical (unpaired) electrons. The lowest BCUT2D eigenvalue weighted by atomic mass is 10.0. The maximum atomic E-state index is 10.6. The number of nitrogens with zero attached hydrogens (tertiary/aromatic N) is 1. The highest BCUT2D eigenvalue weighted by Crippen LogP contribution is 2.35. The molecular formula is C21H39NO5. The van der Waals surface area contributed by atoms with Crippen molar-refractivity contribution < 1.29 is 24.5 Å². The Morgan fingerprint density at radius 3 is 2.59 bits per heavy atom. The van der Waals surface area contributed by atoms with Crippen LogP contribution in [0.3, 0.4) is 0 Å². The highest BCUT2D eigenvalue weighted by Gasteiger charge is 2.47. The minimum Gasteiger partial charge on any atom is -0.481 e. The van der Waals surface area contributed by atoms with Crippen LogP contribution < -0.4 is 0 Å². The van der Waals surface area contributed by atoms with E-state index in [0.717, 1.165) is 51.6 Å². The summed E-state index contributed by atoms with van der Waals surface area (Å²) >= 11 is 0. The van der Waals surface area contributed by atoms with E-state index in [1.807, 2.05) is 0 Å². The van der Waals surface area contributed by atoms with Gasteiger partial charge in [-0.15, -0.1) is 0 Å². The average Bonchev–Trinajstić information content (AvgIpc) is 3.01. The van der Waals surface area contributed by atoms with Crippen LogP contribution in [0.1, 0.15) is 71.1 Å². The van der Waals surface area contributed by atoms with Gasteiger partial charge in [0.25, 0.3) is 0 Å². The van der Waals surface area contributed by atoms with Crippen molar-refractivity contribution in [3.05, 3.63) is 12.2 Å². The van der Waals surface area contributed by atoms with Crippen LogP contribution in [-0.4, -0.2) is 66.3 Å². The number of allylic oxidation sites excluding steroid dienone is 1. The van der Waals surface area contributed by atoms with Crippen LogP contribution in [0.15, 0.2) is 12.2 Å². The van der Waals surface area contributed by atoms with Crippen molar-refractivity contribution in [2.24, 2.45) is 0 Å². The monoisotopic (exact) mass is 385 g/mol. The summed E-state index contributed by atoms with van der Waals surface area (Å²) in [6, 6.07) is 0.103. The molecule has 0 amide bonds. The maximum absolute atomic E-state index is 10.6. The number of methoxy groups -OCH3 is 2. The number of aliphatic carboxylic acids is 1. The van der Waals surface area contributed by atoms with Gasteiger partial charge in [0.1, 0.15) is 0 Å². The van der Waals surface area contributed by atoms with Gasteiger partial charge in [0.15, 0.2) is 5.79 Å². The largest absolute Gasteiger partial charge is 0.481 e. The molecule has 1 saturated heterocycles. The molecule has 0 saturated carbocycles. The average molecular weight is 386 g/mol. The van der Waals surface area contributed by atoms with E-state index >= 15 is 0 Å². The van der Waals surface area contributed by atoms with Gasteiger partial charge in [0.05, 0.1) is 12.1 Å². The van der Waals surface area contributed by atoms with Gasteiger partial charge in [-0.3, -0.25) is 9.69 Å². The van der Waals surface area contributed by atoms with Crippen LogP contribution in [0.5, 0.6) is 0 Å². The highest BCUT2D eigenvalue weighted by atomic mass is 16.7. The molecule has 1 heterocycles. The summed E-state index contributed by atoms with van der Waals surface area (Å²) in [6.07, 6.45) is 12.2. The van der Waals surface area contributed by atoms with Gasteiger partial charge in [-0.05, 0) is 32.1 Å². The van der Waals surface area contributed by atoms with Crippen molar-refractivity contribution in [2.45, 2.75) is 89.1 Å². The molecule has 1 aliphatic heterocycles. The molecule has 0 bridgehead atoms. The maximum Gasteiger partial charge on any atom is 0.303 e. The van der Waals surface area contributed by atoms with E-state index in [0.29, 0.717) is 6.42 Å². The van der Waals surface area contributed by atoms with E-state index in [9.17, 15) is 9.90 Å². The number of carboxylic acids is 1. The molecule has 6 nitrogen and oxygen atoms in total. The third-order valence-electron chi connectivity index (χ3n) is 5.56. The van der Waals surface area contributed by atoms with Gasteiger partial charge >= 0.3 is 5.97 Å². The third kappa shape index (κ3) is 8.30. The number of aliphatic hydroxyl groups excluding tert-OH is 1. The van der Waals surface area contributed by atoms with E-state index in [1.54, 1.807) is 14.2 Å². The number of unbranched alkanes of at least 4 members (excludes halogenated alkanes) is 3. The number of rotatable bonds is 15. The van der Waals surface area contributed by atoms with Crippen molar-refractivity contribution >= 4 is 5.97 Å². The van der Waals surface area contributed by atoms with Crippen LogP contribution in [-0.2, 0) is 14.3 Å². The fraction of sp³-hybridized carbons (Fsp3) is 0.857. The molecule has 6 heteroatoms. The lowest BCUT2D eigenvalue weighted by Gasteiger charge is -2.35. The number of ether oxygens (including phenoxy) is 2. The molecule has 158 valence electrons. The molecule has 0 spiro atoms. The predicted octanol–water partition coefficient (Wildman–Crippen LogP) is 3.58. The van der Waals surface area contributed by atoms with E-state index in [-0.39, 0.29) is 18.6 Å². The summed E-state index contributed by atoms with van der Waals surface area (Å²) in [5.41, 5.74) is 0. The van der Waals surface area contributed by atoms with Gasteiger partial charge in [-0.2, -0.15) is 0 Å². The zero-order chi connectivity index (χ0) is 20.1. The van der Waals surface area contributed by atoms with Gasteiger partial charge < -0.3 is 19.7 Å². The summed E-state index contributed by atoms with van der Waals surface area (Å²) in [4.78, 5) is 12.9. The molecule has 1 fully saturated rings. The fourth-order valence-corrected chi connectivity index (χ4v) is 3.86. The smallest absolute Gasteiger partial charge is 0.303 e. The summed E-state index contributed by atoms with van der Waals surface area (Å²) in [5, 5.41) is 18.9. The molecule has 2 atom stereocenters. The second-order valence-corrected chi connectivity index (χ2v) is 7.45. The number of hydrogen-bond donors (Lipinski definition) is 2. The number of likely N-dealkylation sites (tertiary alicyclic amines) is 1. The molecule has 27 heavy (non-hydrogen) atoms. The van der Waals surface area contributed by atoms with Crippen LogP contribution in [0, 0.1) is 0 Å². The summed E-state index contributed by atoms with van der Waals surface area (Å²) in [6.45, 7) is 3.89. The molecule has 0 aliphatic carbocycles.